The van der Waals surface area contributed by atoms with Crippen LogP contribution in [-0.2, 0) is 6.54 Å². The number of nitrogens with zero attached hydrogens (tertiary/aromatic N) is 2. The van der Waals surface area contributed by atoms with Gasteiger partial charge in [-0.1, -0.05) is 17.7 Å². The first kappa shape index (κ1) is 18.8. The summed E-state index contributed by atoms with van der Waals surface area (Å²) in [5.74, 6) is 2.15. The van der Waals surface area contributed by atoms with Gasteiger partial charge in [0.2, 0.25) is 0 Å². The van der Waals surface area contributed by atoms with Gasteiger partial charge >= 0.3 is 0 Å². The van der Waals surface area contributed by atoms with Crippen LogP contribution < -0.4 is 14.8 Å². The zero-order valence-electron chi connectivity index (χ0n) is 15.2. The largest absolute Gasteiger partial charge is 0.490 e. The van der Waals surface area contributed by atoms with Gasteiger partial charge in [0.25, 0.3) is 0 Å². The highest BCUT2D eigenvalue weighted by molar-refractivity contribution is 6.32. The van der Waals surface area contributed by atoms with Crippen LogP contribution in [-0.4, -0.2) is 42.7 Å². The maximum atomic E-state index is 6.49. The Morgan fingerprint density at radius 3 is 2.77 bits per heavy atom. The molecular formula is C20H26ClN3O2. The lowest BCUT2D eigenvalue weighted by molar-refractivity contribution is 0.226. The lowest BCUT2D eigenvalue weighted by Crippen LogP contribution is -2.25. The summed E-state index contributed by atoms with van der Waals surface area (Å²) in [6.45, 7) is 7.00. The van der Waals surface area contributed by atoms with Crippen molar-refractivity contribution < 1.29 is 9.47 Å². The third-order valence-corrected chi connectivity index (χ3v) is 4.64. The van der Waals surface area contributed by atoms with Crippen LogP contribution in [0.5, 0.6) is 11.5 Å². The van der Waals surface area contributed by atoms with Crippen molar-refractivity contribution in [2.45, 2.75) is 26.3 Å². The number of hydrogen-bond donors (Lipinski definition) is 1. The predicted octanol–water partition coefficient (Wildman–Crippen LogP) is 4.22. The molecule has 1 aromatic heterocycles. The highest BCUT2D eigenvalue weighted by Crippen LogP contribution is 2.37. The Morgan fingerprint density at radius 2 is 2.04 bits per heavy atom. The van der Waals surface area contributed by atoms with E-state index in [2.05, 4.69) is 15.2 Å². The molecule has 1 N–H and O–H groups in total. The van der Waals surface area contributed by atoms with Gasteiger partial charge in [0.05, 0.1) is 11.6 Å². The predicted molar refractivity (Wildman–Crippen MR) is 105 cm³/mol. The number of hydrogen-bond acceptors (Lipinski definition) is 5. The molecule has 0 aliphatic carbocycles. The number of halogens is 1. The Kier molecular flexibility index (Phi) is 6.97. The normalized spacial score (nSPS) is 14.4. The molecule has 1 saturated heterocycles. The molecule has 0 bridgehead atoms. The van der Waals surface area contributed by atoms with Crippen molar-refractivity contribution in [1.29, 1.82) is 0 Å². The zero-order valence-corrected chi connectivity index (χ0v) is 16.0. The fourth-order valence-electron chi connectivity index (χ4n) is 3.07. The molecule has 5 nitrogen and oxygen atoms in total. The smallest absolute Gasteiger partial charge is 0.179 e. The van der Waals surface area contributed by atoms with Gasteiger partial charge in [-0.3, -0.25) is 4.90 Å². The Balaban J connectivity index is 1.64. The van der Waals surface area contributed by atoms with Gasteiger partial charge in [0, 0.05) is 19.3 Å². The van der Waals surface area contributed by atoms with Crippen molar-refractivity contribution in [1.82, 2.24) is 9.88 Å². The van der Waals surface area contributed by atoms with Crippen LogP contribution >= 0.6 is 11.6 Å². The monoisotopic (exact) mass is 375 g/mol. The summed E-state index contributed by atoms with van der Waals surface area (Å²) in [5.41, 5.74) is 1.02. The van der Waals surface area contributed by atoms with E-state index in [0.717, 1.165) is 31.0 Å². The molecule has 6 heteroatoms. The highest BCUT2D eigenvalue weighted by atomic mass is 35.5. The van der Waals surface area contributed by atoms with E-state index in [-0.39, 0.29) is 0 Å². The SMILES string of the molecule is CCOc1cc(CNc2ccccn2)cc(Cl)c1OCCN1CCCC1. The van der Waals surface area contributed by atoms with Crippen LogP contribution in [0.1, 0.15) is 25.3 Å². The first-order chi connectivity index (χ1) is 12.8. The van der Waals surface area contributed by atoms with Gasteiger partial charge in [-0.15, -0.1) is 0 Å². The second-order valence-corrected chi connectivity index (χ2v) is 6.71. The average Bonchev–Trinajstić information content (AvgIpc) is 3.17. The molecule has 3 rings (SSSR count). The topological polar surface area (TPSA) is 46.6 Å². The molecule has 140 valence electrons. The fourth-order valence-corrected chi connectivity index (χ4v) is 3.36. The van der Waals surface area contributed by atoms with Crippen molar-refractivity contribution >= 4 is 17.4 Å². The van der Waals surface area contributed by atoms with Crippen LogP contribution in [0, 0.1) is 0 Å². The summed E-state index contributed by atoms with van der Waals surface area (Å²) >= 11 is 6.49. The number of nitrogens with one attached hydrogen (secondary N) is 1. The van der Waals surface area contributed by atoms with Gasteiger partial charge < -0.3 is 14.8 Å². The van der Waals surface area contributed by atoms with Gasteiger partial charge in [-0.25, -0.2) is 4.98 Å². The molecule has 1 fully saturated rings. The molecule has 26 heavy (non-hydrogen) atoms. The van der Waals surface area contributed by atoms with Crippen LogP contribution in [0.3, 0.4) is 0 Å². The molecular weight excluding hydrogens is 350 g/mol. The molecule has 0 amide bonds. The van der Waals surface area contributed by atoms with E-state index in [9.17, 15) is 0 Å². The first-order valence-electron chi connectivity index (χ1n) is 9.21. The van der Waals surface area contributed by atoms with E-state index in [4.69, 9.17) is 21.1 Å². The minimum Gasteiger partial charge on any atom is -0.490 e. The molecule has 0 radical (unpaired) electrons. The van der Waals surface area contributed by atoms with E-state index in [1.54, 1.807) is 6.20 Å². The van der Waals surface area contributed by atoms with Crippen molar-refractivity contribution in [2.75, 3.05) is 38.2 Å². The molecule has 2 aromatic rings. The lowest BCUT2D eigenvalue weighted by atomic mass is 10.2. The van der Waals surface area contributed by atoms with Gasteiger partial charge in [0.1, 0.15) is 12.4 Å². The van der Waals surface area contributed by atoms with Crippen molar-refractivity contribution in [3.8, 4) is 11.5 Å². The summed E-state index contributed by atoms with van der Waals surface area (Å²) in [6, 6.07) is 9.68. The minimum absolute atomic E-state index is 0.565. The molecule has 1 aliphatic heterocycles. The van der Waals surface area contributed by atoms with E-state index in [1.807, 2.05) is 37.3 Å². The maximum Gasteiger partial charge on any atom is 0.179 e. The minimum atomic E-state index is 0.565. The maximum absolute atomic E-state index is 6.49. The summed E-state index contributed by atoms with van der Waals surface area (Å²) in [4.78, 5) is 6.68. The first-order valence-corrected chi connectivity index (χ1v) is 9.59. The summed E-state index contributed by atoms with van der Waals surface area (Å²) < 4.78 is 11.7. The van der Waals surface area contributed by atoms with Crippen molar-refractivity contribution in [2.24, 2.45) is 0 Å². The summed E-state index contributed by atoms with van der Waals surface area (Å²) in [7, 11) is 0. The number of pyridine rings is 1. The lowest BCUT2D eigenvalue weighted by Gasteiger charge is -2.18. The molecule has 1 aliphatic rings. The number of rotatable bonds is 9. The Hall–Kier alpha value is -1.98. The van der Waals surface area contributed by atoms with Gasteiger partial charge in [-0.2, -0.15) is 0 Å². The van der Waals surface area contributed by atoms with Crippen LogP contribution in [0.15, 0.2) is 36.5 Å². The second kappa shape index (κ2) is 9.64. The standard InChI is InChI=1S/C20H26ClN3O2/c1-2-25-18-14-16(15-23-19-7-3-4-8-22-19)13-17(21)20(18)26-12-11-24-9-5-6-10-24/h3-4,7-8,13-14H,2,5-6,9-12,15H2,1H3,(H,22,23). The van der Waals surface area contributed by atoms with Crippen molar-refractivity contribution in [3.63, 3.8) is 0 Å². The van der Waals surface area contributed by atoms with E-state index in [0.29, 0.717) is 36.3 Å². The van der Waals surface area contributed by atoms with Crippen LogP contribution in [0.2, 0.25) is 5.02 Å². The number of aromatic nitrogens is 1. The number of benzene rings is 1. The zero-order chi connectivity index (χ0) is 18.2. The molecule has 2 heterocycles. The van der Waals surface area contributed by atoms with E-state index in [1.165, 1.54) is 12.8 Å². The number of likely N-dealkylation sites (tertiary alicyclic amines) is 1. The van der Waals surface area contributed by atoms with Crippen molar-refractivity contribution in [3.05, 3.63) is 47.1 Å². The van der Waals surface area contributed by atoms with Gasteiger partial charge in [-0.05, 0) is 62.7 Å². The molecule has 0 unspecified atom stereocenters. The number of anilines is 1. The molecule has 0 saturated carbocycles. The molecule has 0 spiro atoms. The quantitative estimate of drug-likeness (QED) is 0.711. The second-order valence-electron chi connectivity index (χ2n) is 6.30. The Morgan fingerprint density at radius 1 is 1.19 bits per heavy atom. The van der Waals surface area contributed by atoms with Crippen LogP contribution in [0.25, 0.3) is 0 Å². The molecule has 1 aromatic carbocycles. The third-order valence-electron chi connectivity index (χ3n) is 4.36. The number of ether oxygens (including phenoxy) is 2. The molecule has 0 atom stereocenters. The Labute approximate surface area is 160 Å². The summed E-state index contributed by atoms with van der Waals surface area (Å²) in [5, 5.41) is 3.86. The fraction of sp³-hybridized carbons (Fsp3) is 0.450. The average molecular weight is 376 g/mol. The highest BCUT2D eigenvalue weighted by Gasteiger charge is 2.15. The summed E-state index contributed by atoms with van der Waals surface area (Å²) in [6.07, 6.45) is 4.32. The Bertz CT molecular complexity index is 691. The third kappa shape index (κ3) is 5.26. The van der Waals surface area contributed by atoms with E-state index >= 15 is 0 Å². The van der Waals surface area contributed by atoms with Crippen LogP contribution in [0.4, 0.5) is 5.82 Å². The van der Waals surface area contributed by atoms with E-state index < -0.39 is 0 Å². The van der Waals surface area contributed by atoms with Gasteiger partial charge in [0.15, 0.2) is 11.5 Å².